The summed E-state index contributed by atoms with van der Waals surface area (Å²) >= 11 is 6.27. The van der Waals surface area contributed by atoms with Gasteiger partial charge >= 0.3 is 0 Å². The molecule has 4 rings (SSSR count). The second kappa shape index (κ2) is 6.10. The fourth-order valence-electron chi connectivity index (χ4n) is 2.91. The van der Waals surface area contributed by atoms with Crippen LogP contribution in [-0.2, 0) is 6.42 Å². The van der Waals surface area contributed by atoms with Crippen LogP contribution in [0.4, 0.5) is 17.3 Å². The highest BCUT2D eigenvalue weighted by Gasteiger charge is 2.27. The van der Waals surface area contributed by atoms with Crippen molar-refractivity contribution in [2.75, 3.05) is 17.6 Å². The van der Waals surface area contributed by atoms with E-state index in [2.05, 4.69) is 25.6 Å². The van der Waals surface area contributed by atoms with Gasteiger partial charge in [-0.25, -0.2) is 9.97 Å². The standard InChI is InChI=1S/C17H15ClN6O/c18-9-3-1-2-4-10(9)22-15-13-11(5-7-20-16(13)25)23-14(15)12-6-8-21-17(19)24-12/h1-4,6,8,22-23H,5,7H2,(H,20,25)(H2,19,21,24). The number of fused-ring (bicyclic) bond motifs is 1. The molecule has 0 unspecified atom stereocenters. The molecule has 2 aromatic heterocycles. The van der Waals surface area contributed by atoms with Crippen molar-refractivity contribution in [3.05, 3.63) is 52.8 Å². The van der Waals surface area contributed by atoms with E-state index < -0.39 is 0 Å². The maximum absolute atomic E-state index is 12.4. The number of aromatic nitrogens is 3. The second-order valence-corrected chi connectivity index (χ2v) is 6.05. The average Bonchev–Trinajstić information content (AvgIpc) is 2.97. The molecule has 25 heavy (non-hydrogen) atoms. The first-order valence-electron chi connectivity index (χ1n) is 7.77. The number of anilines is 3. The summed E-state index contributed by atoms with van der Waals surface area (Å²) in [4.78, 5) is 23.9. The number of nitrogens with two attached hydrogens (primary N) is 1. The number of H-pyrrole nitrogens is 1. The van der Waals surface area contributed by atoms with Crippen molar-refractivity contribution < 1.29 is 4.79 Å². The lowest BCUT2D eigenvalue weighted by Crippen LogP contribution is -2.31. The Labute approximate surface area is 148 Å². The number of carbonyl (C=O) groups is 1. The Morgan fingerprint density at radius 3 is 2.88 bits per heavy atom. The molecule has 0 fully saturated rings. The molecule has 8 heteroatoms. The number of amides is 1. The van der Waals surface area contributed by atoms with E-state index >= 15 is 0 Å². The summed E-state index contributed by atoms with van der Waals surface area (Å²) in [5.41, 5.74) is 9.74. The monoisotopic (exact) mass is 354 g/mol. The van der Waals surface area contributed by atoms with Gasteiger partial charge in [0.25, 0.3) is 5.91 Å². The molecule has 126 valence electrons. The van der Waals surface area contributed by atoms with Crippen LogP contribution >= 0.6 is 11.6 Å². The fraction of sp³-hybridized carbons (Fsp3) is 0.118. The number of benzene rings is 1. The topological polar surface area (TPSA) is 109 Å². The molecular formula is C17H15ClN6O. The molecule has 7 nitrogen and oxygen atoms in total. The van der Waals surface area contributed by atoms with Gasteiger partial charge in [0.05, 0.1) is 33.3 Å². The lowest BCUT2D eigenvalue weighted by molar-refractivity contribution is 0.0947. The Bertz CT molecular complexity index is 968. The number of nitrogen functional groups attached to an aromatic ring is 1. The predicted octanol–water partition coefficient (Wildman–Crippen LogP) is 2.74. The van der Waals surface area contributed by atoms with E-state index in [9.17, 15) is 4.79 Å². The summed E-state index contributed by atoms with van der Waals surface area (Å²) in [5.74, 6) is 0.0264. The van der Waals surface area contributed by atoms with Gasteiger partial charge in [-0.1, -0.05) is 23.7 Å². The fourth-order valence-corrected chi connectivity index (χ4v) is 3.09. The Hall–Kier alpha value is -3.06. The van der Waals surface area contributed by atoms with Crippen molar-refractivity contribution in [2.24, 2.45) is 0 Å². The molecule has 0 spiro atoms. The van der Waals surface area contributed by atoms with Crippen LogP contribution in [0.3, 0.4) is 0 Å². The SMILES string of the molecule is Nc1nccc(-c2[nH]c3c(c2Nc2ccccc2Cl)C(=O)NCC3)n1. The highest BCUT2D eigenvalue weighted by molar-refractivity contribution is 6.33. The van der Waals surface area contributed by atoms with E-state index in [1.807, 2.05) is 18.2 Å². The van der Waals surface area contributed by atoms with Crippen LogP contribution in [0.2, 0.25) is 5.02 Å². The van der Waals surface area contributed by atoms with Gasteiger partial charge in [-0.05, 0) is 18.2 Å². The number of para-hydroxylation sites is 1. The number of aromatic amines is 1. The largest absolute Gasteiger partial charge is 0.368 e. The van der Waals surface area contributed by atoms with Crippen LogP contribution in [0, 0.1) is 0 Å². The number of nitrogens with zero attached hydrogens (tertiary/aromatic N) is 2. The first-order valence-corrected chi connectivity index (χ1v) is 8.15. The van der Waals surface area contributed by atoms with Crippen molar-refractivity contribution in [3.8, 4) is 11.4 Å². The highest BCUT2D eigenvalue weighted by atomic mass is 35.5. The smallest absolute Gasteiger partial charge is 0.255 e. The molecule has 0 aliphatic carbocycles. The van der Waals surface area contributed by atoms with Crippen LogP contribution in [0.15, 0.2) is 36.5 Å². The second-order valence-electron chi connectivity index (χ2n) is 5.64. The van der Waals surface area contributed by atoms with Gasteiger partial charge in [-0.2, -0.15) is 0 Å². The van der Waals surface area contributed by atoms with Gasteiger partial charge < -0.3 is 21.4 Å². The minimum absolute atomic E-state index is 0.139. The van der Waals surface area contributed by atoms with E-state index in [1.165, 1.54) is 0 Å². The molecule has 1 aliphatic rings. The zero-order chi connectivity index (χ0) is 17.4. The molecule has 5 N–H and O–H groups in total. The van der Waals surface area contributed by atoms with Gasteiger partial charge in [0.15, 0.2) is 0 Å². The zero-order valence-electron chi connectivity index (χ0n) is 13.1. The first kappa shape index (κ1) is 15.5. The van der Waals surface area contributed by atoms with E-state index in [0.717, 1.165) is 5.69 Å². The minimum atomic E-state index is -0.139. The molecule has 0 bridgehead atoms. The van der Waals surface area contributed by atoms with E-state index in [0.29, 0.717) is 46.3 Å². The van der Waals surface area contributed by atoms with Crippen molar-refractivity contribution in [3.63, 3.8) is 0 Å². The molecular weight excluding hydrogens is 340 g/mol. The molecule has 0 saturated heterocycles. The van der Waals surface area contributed by atoms with E-state index in [4.69, 9.17) is 17.3 Å². The lowest BCUT2D eigenvalue weighted by Gasteiger charge is -2.15. The quantitative estimate of drug-likeness (QED) is 0.578. The molecule has 3 aromatic rings. The van der Waals surface area contributed by atoms with Gasteiger partial charge in [-0.3, -0.25) is 4.79 Å². The van der Waals surface area contributed by atoms with Crippen LogP contribution in [0.25, 0.3) is 11.4 Å². The highest BCUT2D eigenvalue weighted by Crippen LogP contribution is 2.37. The van der Waals surface area contributed by atoms with E-state index in [1.54, 1.807) is 18.3 Å². The third kappa shape index (κ3) is 2.78. The van der Waals surface area contributed by atoms with Crippen LogP contribution in [0.5, 0.6) is 0 Å². The van der Waals surface area contributed by atoms with Crippen molar-refractivity contribution >= 4 is 34.8 Å². The summed E-state index contributed by atoms with van der Waals surface area (Å²) in [7, 11) is 0. The number of rotatable bonds is 3. The Morgan fingerprint density at radius 1 is 1.24 bits per heavy atom. The van der Waals surface area contributed by atoms with Gasteiger partial charge in [0, 0.05) is 24.9 Å². The number of nitrogens with one attached hydrogen (secondary N) is 3. The normalized spacial score (nSPS) is 13.2. The maximum atomic E-state index is 12.4. The summed E-state index contributed by atoms with van der Waals surface area (Å²) in [6.07, 6.45) is 2.29. The summed E-state index contributed by atoms with van der Waals surface area (Å²) in [6, 6.07) is 9.09. The molecule has 1 amide bonds. The Kier molecular flexibility index (Phi) is 3.77. The summed E-state index contributed by atoms with van der Waals surface area (Å²) < 4.78 is 0. The van der Waals surface area contributed by atoms with Gasteiger partial charge in [-0.15, -0.1) is 0 Å². The zero-order valence-corrected chi connectivity index (χ0v) is 13.9. The molecule has 3 heterocycles. The van der Waals surface area contributed by atoms with Gasteiger partial charge in [0.1, 0.15) is 0 Å². The van der Waals surface area contributed by atoms with E-state index in [-0.39, 0.29) is 11.9 Å². The third-order valence-electron chi connectivity index (χ3n) is 4.03. The summed E-state index contributed by atoms with van der Waals surface area (Å²) in [5, 5.41) is 6.70. The number of hydrogen-bond acceptors (Lipinski definition) is 5. The number of hydrogen-bond donors (Lipinski definition) is 4. The third-order valence-corrected chi connectivity index (χ3v) is 4.36. The Balaban J connectivity index is 1.89. The van der Waals surface area contributed by atoms with Gasteiger partial charge in [0.2, 0.25) is 5.95 Å². The molecule has 0 saturated carbocycles. The summed E-state index contributed by atoms with van der Waals surface area (Å²) in [6.45, 7) is 0.587. The van der Waals surface area contributed by atoms with Crippen LogP contribution < -0.4 is 16.4 Å². The van der Waals surface area contributed by atoms with Crippen LogP contribution in [0.1, 0.15) is 16.1 Å². The number of halogens is 1. The predicted molar refractivity (Wildman–Crippen MR) is 97.0 cm³/mol. The molecule has 0 atom stereocenters. The molecule has 0 radical (unpaired) electrons. The lowest BCUT2D eigenvalue weighted by atomic mass is 10.1. The maximum Gasteiger partial charge on any atom is 0.255 e. The van der Waals surface area contributed by atoms with Crippen molar-refractivity contribution in [2.45, 2.75) is 6.42 Å². The molecule has 1 aliphatic heterocycles. The van der Waals surface area contributed by atoms with Crippen molar-refractivity contribution in [1.29, 1.82) is 0 Å². The minimum Gasteiger partial charge on any atom is -0.368 e. The first-order chi connectivity index (χ1) is 12.1. The number of carbonyl (C=O) groups excluding carboxylic acids is 1. The Morgan fingerprint density at radius 2 is 2.08 bits per heavy atom. The molecule has 1 aromatic carbocycles. The van der Waals surface area contributed by atoms with Crippen LogP contribution in [-0.4, -0.2) is 27.4 Å². The van der Waals surface area contributed by atoms with Crippen molar-refractivity contribution in [1.82, 2.24) is 20.3 Å². The average molecular weight is 355 g/mol.